The van der Waals surface area contributed by atoms with Gasteiger partial charge in [0.2, 0.25) is 0 Å². The maximum atomic E-state index is 13.3. The fraction of sp³-hybridized carbons (Fsp3) is 0.600. The summed E-state index contributed by atoms with van der Waals surface area (Å²) in [7, 11) is -1.61. The van der Waals surface area contributed by atoms with E-state index in [1.165, 1.54) is 44.2 Å². The lowest BCUT2D eigenvalue weighted by Crippen LogP contribution is -2.44. The Morgan fingerprint density at radius 2 is 2.00 bits per heavy atom. The van der Waals surface area contributed by atoms with Crippen molar-refractivity contribution in [1.82, 2.24) is 4.90 Å². The summed E-state index contributed by atoms with van der Waals surface area (Å²) >= 11 is 0. The fourth-order valence-electron chi connectivity index (χ4n) is 3.92. The third kappa shape index (κ3) is 2.75. The third-order valence-electron chi connectivity index (χ3n) is 4.87. The van der Waals surface area contributed by atoms with Crippen LogP contribution in [0.4, 0.5) is 4.39 Å². The number of piperidine rings is 1. The monoisotopic (exact) mass is 277 g/mol. The second-order valence-electron chi connectivity index (χ2n) is 6.09. The summed E-state index contributed by atoms with van der Waals surface area (Å²) in [4.78, 5) is 2.44. The average molecular weight is 277 g/mol. The van der Waals surface area contributed by atoms with Gasteiger partial charge in [0.1, 0.15) is 5.82 Å². The minimum atomic E-state index is -1.61. The van der Waals surface area contributed by atoms with Gasteiger partial charge in [-0.2, -0.15) is 0 Å². The molecule has 0 amide bonds. The van der Waals surface area contributed by atoms with E-state index in [9.17, 15) is 14.4 Å². The van der Waals surface area contributed by atoms with E-state index in [1.807, 2.05) is 0 Å². The number of hydrogen-bond donors (Lipinski definition) is 2. The number of rotatable bonds is 3. The molecule has 0 spiro atoms. The Morgan fingerprint density at radius 1 is 1.20 bits per heavy atom. The molecule has 1 aliphatic heterocycles. The van der Waals surface area contributed by atoms with Crippen molar-refractivity contribution < 1.29 is 14.4 Å². The summed E-state index contributed by atoms with van der Waals surface area (Å²) in [6.07, 6.45) is 6.38. The smallest absolute Gasteiger partial charge is 0.423 e. The van der Waals surface area contributed by atoms with Crippen molar-refractivity contribution >= 4 is 12.6 Å². The van der Waals surface area contributed by atoms with Crippen LogP contribution in [0.1, 0.15) is 37.7 Å². The van der Waals surface area contributed by atoms with Crippen LogP contribution >= 0.6 is 0 Å². The lowest BCUT2D eigenvalue weighted by atomic mass is 9.76. The topological polar surface area (TPSA) is 43.7 Å². The van der Waals surface area contributed by atoms with Gasteiger partial charge in [-0.15, -0.1) is 0 Å². The first-order chi connectivity index (χ1) is 9.65. The van der Waals surface area contributed by atoms with Gasteiger partial charge in [0.25, 0.3) is 0 Å². The number of hydrogen-bond acceptors (Lipinski definition) is 3. The van der Waals surface area contributed by atoms with Gasteiger partial charge in [0.15, 0.2) is 0 Å². The van der Waals surface area contributed by atoms with Gasteiger partial charge >= 0.3 is 7.12 Å². The summed E-state index contributed by atoms with van der Waals surface area (Å²) in [5.41, 5.74) is 1.12. The second-order valence-corrected chi connectivity index (χ2v) is 6.09. The van der Waals surface area contributed by atoms with E-state index < -0.39 is 12.9 Å². The molecular formula is C15H21BFNO2. The zero-order valence-corrected chi connectivity index (χ0v) is 11.6. The molecule has 3 rings (SSSR count). The molecule has 5 heteroatoms. The molecule has 2 aliphatic rings. The van der Waals surface area contributed by atoms with Crippen LogP contribution in [0, 0.1) is 11.7 Å². The molecule has 108 valence electrons. The Hall–Kier alpha value is -0.905. The highest BCUT2D eigenvalue weighted by Crippen LogP contribution is 2.37. The van der Waals surface area contributed by atoms with E-state index in [0.29, 0.717) is 18.0 Å². The first-order valence-electron chi connectivity index (χ1n) is 7.53. The number of nitrogens with zero attached hydrogens (tertiary/aromatic N) is 1. The summed E-state index contributed by atoms with van der Waals surface area (Å²) in [5, 5.41) is 18.8. The van der Waals surface area contributed by atoms with Crippen molar-refractivity contribution in [3.63, 3.8) is 0 Å². The first-order valence-corrected chi connectivity index (χ1v) is 7.53. The Kier molecular flexibility index (Phi) is 4.10. The Morgan fingerprint density at radius 3 is 2.80 bits per heavy atom. The highest BCUT2D eigenvalue weighted by molar-refractivity contribution is 6.59. The molecular weight excluding hydrogens is 256 g/mol. The molecule has 0 aromatic heterocycles. The summed E-state index contributed by atoms with van der Waals surface area (Å²) in [6, 6.07) is 4.94. The quantitative estimate of drug-likeness (QED) is 0.818. The molecule has 1 aromatic rings. The van der Waals surface area contributed by atoms with E-state index in [-0.39, 0.29) is 0 Å². The van der Waals surface area contributed by atoms with Crippen molar-refractivity contribution in [3.8, 4) is 0 Å². The predicted molar refractivity (Wildman–Crippen MR) is 77.0 cm³/mol. The van der Waals surface area contributed by atoms with E-state index in [0.717, 1.165) is 18.0 Å². The van der Waals surface area contributed by atoms with Gasteiger partial charge in [0.05, 0.1) is 0 Å². The van der Waals surface area contributed by atoms with Crippen LogP contribution in [0.25, 0.3) is 0 Å². The Labute approximate surface area is 119 Å². The molecule has 2 N–H and O–H groups in total. The number of halogens is 1. The van der Waals surface area contributed by atoms with Crippen molar-refractivity contribution in [2.45, 2.75) is 44.7 Å². The highest BCUT2D eigenvalue weighted by atomic mass is 19.1. The van der Waals surface area contributed by atoms with E-state index in [2.05, 4.69) is 4.90 Å². The second kappa shape index (κ2) is 5.84. The Balaban J connectivity index is 1.80. The molecule has 1 aromatic carbocycles. The van der Waals surface area contributed by atoms with Crippen molar-refractivity contribution in [3.05, 3.63) is 29.6 Å². The van der Waals surface area contributed by atoms with Crippen LogP contribution < -0.4 is 5.46 Å². The van der Waals surface area contributed by atoms with E-state index >= 15 is 0 Å². The number of fused-ring (bicyclic) bond motifs is 1. The predicted octanol–water partition coefficient (Wildman–Crippen LogP) is 1.27. The molecule has 2 atom stereocenters. The van der Waals surface area contributed by atoms with Crippen LogP contribution in [0.15, 0.2) is 18.2 Å². The van der Waals surface area contributed by atoms with Crippen LogP contribution in [-0.4, -0.2) is 34.7 Å². The van der Waals surface area contributed by atoms with Gasteiger partial charge < -0.3 is 10.0 Å². The normalized spacial score (nSPS) is 26.6. The van der Waals surface area contributed by atoms with Crippen LogP contribution in [0.2, 0.25) is 0 Å². The third-order valence-corrected chi connectivity index (χ3v) is 4.87. The van der Waals surface area contributed by atoms with E-state index in [4.69, 9.17) is 0 Å². The SMILES string of the molecule is OB(O)c1cc(F)ccc1CN1CCCC2CCCC21. The molecule has 2 unspecified atom stereocenters. The first kappa shape index (κ1) is 14.0. The molecule has 1 aliphatic carbocycles. The minimum Gasteiger partial charge on any atom is -0.423 e. The maximum absolute atomic E-state index is 13.3. The lowest BCUT2D eigenvalue weighted by Gasteiger charge is -2.38. The van der Waals surface area contributed by atoms with Crippen molar-refractivity contribution in [1.29, 1.82) is 0 Å². The standard InChI is InChI=1S/C15H21BFNO2/c17-13-7-6-12(14(9-13)16(19)20)10-18-8-2-4-11-3-1-5-15(11)18/h6-7,9,11,15,19-20H,1-5,8,10H2. The molecule has 3 nitrogen and oxygen atoms in total. The average Bonchev–Trinajstić information content (AvgIpc) is 2.90. The minimum absolute atomic E-state index is 0.296. The van der Waals surface area contributed by atoms with Gasteiger partial charge in [-0.1, -0.05) is 12.5 Å². The molecule has 1 saturated carbocycles. The lowest BCUT2D eigenvalue weighted by molar-refractivity contribution is 0.106. The zero-order valence-electron chi connectivity index (χ0n) is 11.6. The molecule has 20 heavy (non-hydrogen) atoms. The molecule has 2 fully saturated rings. The molecule has 1 saturated heterocycles. The van der Waals surface area contributed by atoms with Crippen LogP contribution in [0.3, 0.4) is 0 Å². The summed E-state index contributed by atoms with van der Waals surface area (Å²) in [5.74, 6) is 0.376. The van der Waals surface area contributed by atoms with E-state index in [1.54, 1.807) is 6.07 Å². The van der Waals surface area contributed by atoms with Crippen LogP contribution in [-0.2, 0) is 6.54 Å². The van der Waals surface area contributed by atoms with Crippen molar-refractivity contribution in [2.24, 2.45) is 5.92 Å². The fourth-order valence-corrected chi connectivity index (χ4v) is 3.92. The summed E-state index contributed by atoms with van der Waals surface area (Å²) < 4.78 is 13.3. The number of benzene rings is 1. The summed E-state index contributed by atoms with van der Waals surface area (Å²) in [6.45, 7) is 1.74. The van der Waals surface area contributed by atoms with Gasteiger partial charge in [0, 0.05) is 12.6 Å². The maximum Gasteiger partial charge on any atom is 0.488 e. The zero-order chi connectivity index (χ0) is 14.1. The Bertz CT molecular complexity index is 483. The molecule has 1 heterocycles. The highest BCUT2D eigenvalue weighted by Gasteiger charge is 2.35. The largest absolute Gasteiger partial charge is 0.488 e. The van der Waals surface area contributed by atoms with Gasteiger partial charge in [-0.05, 0) is 61.3 Å². The van der Waals surface area contributed by atoms with Crippen molar-refractivity contribution in [2.75, 3.05) is 6.54 Å². The molecule has 0 bridgehead atoms. The molecule has 0 radical (unpaired) electrons. The number of likely N-dealkylation sites (tertiary alicyclic amines) is 1. The van der Waals surface area contributed by atoms with Gasteiger partial charge in [-0.25, -0.2) is 4.39 Å². The van der Waals surface area contributed by atoms with Gasteiger partial charge in [-0.3, -0.25) is 4.90 Å². The van der Waals surface area contributed by atoms with Crippen LogP contribution in [0.5, 0.6) is 0 Å².